The van der Waals surface area contributed by atoms with Crippen molar-refractivity contribution in [3.05, 3.63) is 34.3 Å². The van der Waals surface area contributed by atoms with E-state index in [1.807, 2.05) is 12.3 Å². The van der Waals surface area contributed by atoms with E-state index in [4.69, 9.17) is 4.74 Å². The molecule has 2 aliphatic heterocycles. The van der Waals surface area contributed by atoms with Crippen molar-refractivity contribution in [3.63, 3.8) is 0 Å². The number of hydrogen-bond donors (Lipinski definition) is 1. The van der Waals surface area contributed by atoms with Crippen molar-refractivity contribution in [2.75, 3.05) is 0 Å². The van der Waals surface area contributed by atoms with Crippen LogP contribution >= 0.6 is 15.9 Å². The lowest BCUT2D eigenvalue weighted by Gasteiger charge is -2.28. The molecule has 0 saturated heterocycles. The molecule has 3 heteroatoms. The quantitative estimate of drug-likeness (QED) is 0.789. The van der Waals surface area contributed by atoms with Crippen molar-refractivity contribution in [3.8, 4) is 0 Å². The Hall–Kier alpha value is -0.700. The summed E-state index contributed by atoms with van der Waals surface area (Å²) in [6, 6.07) is 0. The Kier molecular flexibility index (Phi) is 4.10. The molecular formula is C13H18BrNO. The molecule has 0 aromatic heterocycles. The molecule has 2 heterocycles. The minimum Gasteiger partial charge on any atom is -0.488 e. The van der Waals surface area contributed by atoms with E-state index in [2.05, 4.69) is 34.2 Å². The van der Waals surface area contributed by atoms with Gasteiger partial charge in [0.1, 0.15) is 11.9 Å². The number of dihydropyridines is 1. The fourth-order valence-electron chi connectivity index (χ4n) is 2.00. The van der Waals surface area contributed by atoms with Crippen LogP contribution in [0.4, 0.5) is 0 Å². The van der Waals surface area contributed by atoms with Crippen molar-refractivity contribution in [1.82, 2.24) is 5.32 Å². The summed E-state index contributed by atoms with van der Waals surface area (Å²) >= 11 is 3.45. The maximum atomic E-state index is 5.97. The zero-order chi connectivity index (χ0) is 11.4. The van der Waals surface area contributed by atoms with Gasteiger partial charge in [-0.3, -0.25) is 0 Å². The summed E-state index contributed by atoms with van der Waals surface area (Å²) in [7, 11) is 0. The Morgan fingerprint density at radius 2 is 2.38 bits per heavy atom. The minimum absolute atomic E-state index is 0.363. The van der Waals surface area contributed by atoms with E-state index in [1.54, 1.807) is 0 Å². The van der Waals surface area contributed by atoms with Crippen LogP contribution in [0, 0.1) is 0 Å². The second kappa shape index (κ2) is 5.58. The van der Waals surface area contributed by atoms with Crippen LogP contribution in [0.5, 0.6) is 0 Å². The first-order valence-electron chi connectivity index (χ1n) is 6.00. The number of hydrogen-bond acceptors (Lipinski definition) is 2. The third-order valence-electron chi connectivity index (χ3n) is 2.91. The van der Waals surface area contributed by atoms with Crippen molar-refractivity contribution in [2.45, 2.75) is 45.1 Å². The number of nitrogens with one attached hydrogen (secondary N) is 1. The van der Waals surface area contributed by atoms with Gasteiger partial charge in [-0.2, -0.15) is 0 Å². The number of unbranched alkanes of at least 4 members (excludes halogenated alkanes) is 2. The van der Waals surface area contributed by atoms with Gasteiger partial charge < -0.3 is 10.1 Å². The monoisotopic (exact) mass is 283 g/mol. The van der Waals surface area contributed by atoms with Gasteiger partial charge in [0, 0.05) is 17.1 Å². The molecule has 0 radical (unpaired) electrons. The summed E-state index contributed by atoms with van der Waals surface area (Å²) in [5.41, 5.74) is 1.11. The highest BCUT2D eigenvalue weighted by atomic mass is 79.9. The van der Waals surface area contributed by atoms with E-state index in [9.17, 15) is 0 Å². The molecule has 0 fully saturated rings. The van der Waals surface area contributed by atoms with E-state index in [0.717, 1.165) is 28.8 Å². The summed E-state index contributed by atoms with van der Waals surface area (Å²) < 4.78 is 7.00. The molecule has 16 heavy (non-hydrogen) atoms. The SMILES string of the molecule is CCCCCC1CC=C2NC=C(Br)C=C2O1. The van der Waals surface area contributed by atoms with Crippen molar-refractivity contribution >= 4 is 15.9 Å². The van der Waals surface area contributed by atoms with Gasteiger partial charge in [-0.1, -0.05) is 25.8 Å². The van der Waals surface area contributed by atoms with E-state index in [-0.39, 0.29) is 0 Å². The van der Waals surface area contributed by atoms with Gasteiger partial charge in [0.15, 0.2) is 0 Å². The van der Waals surface area contributed by atoms with Gasteiger partial charge in [-0.25, -0.2) is 0 Å². The number of ether oxygens (including phenoxy) is 1. The largest absolute Gasteiger partial charge is 0.488 e. The minimum atomic E-state index is 0.363. The van der Waals surface area contributed by atoms with Crippen LogP contribution in [-0.2, 0) is 4.74 Å². The summed E-state index contributed by atoms with van der Waals surface area (Å²) in [4.78, 5) is 0. The van der Waals surface area contributed by atoms with E-state index in [0.29, 0.717) is 6.10 Å². The van der Waals surface area contributed by atoms with Crippen molar-refractivity contribution < 1.29 is 4.74 Å². The van der Waals surface area contributed by atoms with Crippen LogP contribution in [0.3, 0.4) is 0 Å². The van der Waals surface area contributed by atoms with E-state index >= 15 is 0 Å². The van der Waals surface area contributed by atoms with Gasteiger partial charge in [-0.05, 0) is 34.8 Å². The van der Waals surface area contributed by atoms with Gasteiger partial charge in [0.25, 0.3) is 0 Å². The molecule has 0 amide bonds. The average molecular weight is 284 g/mol. The first-order chi connectivity index (χ1) is 7.79. The fraction of sp³-hybridized carbons (Fsp3) is 0.538. The zero-order valence-electron chi connectivity index (χ0n) is 9.63. The summed E-state index contributed by atoms with van der Waals surface area (Å²) in [6.07, 6.45) is 12.6. The molecule has 0 aromatic carbocycles. The predicted molar refractivity (Wildman–Crippen MR) is 69.9 cm³/mol. The Balaban J connectivity index is 1.92. The topological polar surface area (TPSA) is 21.3 Å². The summed E-state index contributed by atoms with van der Waals surface area (Å²) in [5.74, 6) is 0.974. The lowest BCUT2D eigenvalue weighted by Crippen LogP contribution is -2.24. The average Bonchev–Trinajstić information content (AvgIpc) is 2.29. The normalized spacial score (nSPS) is 23.4. The molecule has 2 rings (SSSR count). The van der Waals surface area contributed by atoms with Crippen LogP contribution in [0.1, 0.15) is 39.0 Å². The van der Waals surface area contributed by atoms with Crippen molar-refractivity contribution in [1.29, 1.82) is 0 Å². The third kappa shape index (κ3) is 2.91. The van der Waals surface area contributed by atoms with Crippen LogP contribution in [-0.4, -0.2) is 6.10 Å². The zero-order valence-corrected chi connectivity index (χ0v) is 11.2. The third-order valence-corrected chi connectivity index (χ3v) is 3.37. The molecule has 88 valence electrons. The molecule has 1 atom stereocenters. The van der Waals surface area contributed by atoms with Crippen molar-refractivity contribution in [2.24, 2.45) is 0 Å². The first kappa shape index (κ1) is 11.8. The lowest BCUT2D eigenvalue weighted by atomic mass is 10.0. The number of rotatable bonds is 4. The molecule has 0 saturated carbocycles. The molecule has 0 spiro atoms. The molecule has 2 aliphatic rings. The number of halogens is 1. The highest BCUT2D eigenvalue weighted by Gasteiger charge is 2.21. The molecule has 1 N–H and O–H groups in total. The van der Waals surface area contributed by atoms with Crippen LogP contribution in [0.2, 0.25) is 0 Å². The molecule has 0 aromatic rings. The molecule has 2 nitrogen and oxygen atoms in total. The maximum Gasteiger partial charge on any atom is 0.144 e. The summed E-state index contributed by atoms with van der Waals surface area (Å²) in [5, 5.41) is 3.22. The highest BCUT2D eigenvalue weighted by Crippen LogP contribution is 2.28. The van der Waals surface area contributed by atoms with Gasteiger partial charge >= 0.3 is 0 Å². The first-order valence-corrected chi connectivity index (χ1v) is 6.80. The Labute approximate surface area is 106 Å². The Bertz CT molecular complexity index is 344. The van der Waals surface area contributed by atoms with Gasteiger partial charge in [0.05, 0.1) is 5.70 Å². The summed E-state index contributed by atoms with van der Waals surface area (Å²) in [6.45, 7) is 2.23. The second-order valence-electron chi connectivity index (χ2n) is 4.27. The van der Waals surface area contributed by atoms with Gasteiger partial charge in [-0.15, -0.1) is 0 Å². The smallest absolute Gasteiger partial charge is 0.144 e. The van der Waals surface area contributed by atoms with E-state index in [1.165, 1.54) is 19.3 Å². The molecule has 0 aliphatic carbocycles. The number of allylic oxidation sites excluding steroid dienone is 2. The Morgan fingerprint density at radius 3 is 3.19 bits per heavy atom. The maximum absolute atomic E-state index is 5.97. The van der Waals surface area contributed by atoms with E-state index < -0.39 is 0 Å². The molecule has 0 bridgehead atoms. The fourth-order valence-corrected chi connectivity index (χ4v) is 2.32. The van der Waals surface area contributed by atoms with Gasteiger partial charge in [0.2, 0.25) is 0 Å². The van der Waals surface area contributed by atoms with Crippen LogP contribution in [0.25, 0.3) is 0 Å². The molecular weight excluding hydrogens is 266 g/mol. The van der Waals surface area contributed by atoms with Crippen LogP contribution < -0.4 is 5.32 Å². The lowest BCUT2D eigenvalue weighted by molar-refractivity contribution is 0.103. The Morgan fingerprint density at radius 1 is 1.50 bits per heavy atom. The highest BCUT2D eigenvalue weighted by molar-refractivity contribution is 9.11. The molecule has 1 unspecified atom stereocenters. The second-order valence-corrected chi connectivity index (χ2v) is 5.19. The standard InChI is InChI=1S/C13H18BrNO/c1-2-3-4-5-11-6-7-12-13(16-11)8-10(14)9-15-12/h7-9,11,15H,2-6H2,1H3. The van der Waals surface area contributed by atoms with Crippen LogP contribution in [0.15, 0.2) is 34.3 Å². The number of fused-ring (bicyclic) bond motifs is 1. The predicted octanol–water partition coefficient (Wildman–Crippen LogP) is 3.96.